The van der Waals surface area contributed by atoms with Gasteiger partial charge in [-0.15, -0.1) is 0 Å². The summed E-state index contributed by atoms with van der Waals surface area (Å²) in [5, 5.41) is -0.364. The fraction of sp³-hybridized carbons (Fsp3) is 0.545. The molecule has 1 aliphatic heterocycles. The molecular weight excluding hydrogens is 318 g/mol. The number of nitrogens with zero attached hydrogens (tertiary/aromatic N) is 2. The normalized spacial score (nSPS) is 21.8. The van der Waals surface area contributed by atoms with Gasteiger partial charge in [-0.1, -0.05) is 15.9 Å². The number of rotatable bonds is 3. The van der Waals surface area contributed by atoms with Gasteiger partial charge in [0.1, 0.15) is 5.82 Å². The van der Waals surface area contributed by atoms with Crippen LogP contribution in [-0.4, -0.2) is 43.7 Å². The Morgan fingerprint density at radius 2 is 2.33 bits per heavy atom. The van der Waals surface area contributed by atoms with E-state index in [0.29, 0.717) is 18.8 Å². The summed E-state index contributed by atoms with van der Waals surface area (Å²) in [4.78, 5) is 6.05. The van der Waals surface area contributed by atoms with Crippen molar-refractivity contribution in [2.24, 2.45) is 0 Å². The number of piperidine rings is 1. The molecule has 0 aromatic carbocycles. The summed E-state index contributed by atoms with van der Waals surface area (Å²) in [7, 11) is -1.42. The Labute approximate surface area is 116 Å². The average Bonchev–Trinajstić information content (AvgIpc) is 2.28. The van der Waals surface area contributed by atoms with Gasteiger partial charge >= 0.3 is 0 Å². The van der Waals surface area contributed by atoms with Gasteiger partial charge in [0.05, 0.1) is 5.25 Å². The Kier molecular flexibility index (Phi) is 4.24. The second kappa shape index (κ2) is 5.54. The first kappa shape index (κ1) is 13.8. The summed E-state index contributed by atoms with van der Waals surface area (Å²) in [6, 6.07) is 3.41. The lowest BCUT2D eigenvalue weighted by molar-refractivity contribution is 0.278. The molecule has 0 aliphatic carbocycles. The standard InChI is InChI=1S/C11H16BrN3O2S/c1-15-6-2-3-10(8-15)18(16,17)14-11-7-9(12)4-5-13-11/h4-5,7,10H,2-3,6,8H2,1H3,(H,13,14). The second-order valence-electron chi connectivity index (χ2n) is 4.53. The summed E-state index contributed by atoms with van der Waals surface area (Å²) in [5.74, 6) is 0.359. The molecule has 1 aromatic rings. The van der Waals surface area contributed by atoms with Gasteiger partial charge in [-0.05, 0) is 38.6 Å². The quantitative estimate of drug-likeness (QED) is 0.914. The summed E-state index contributed by atoms with van der Waals surface area (Å²) < 4.78 is 27.8. The van der Waals surface area contributed by atoms with E-state index in [2.05, 4.69) is 25.6 Å². The molecule has 18 heavy (non-hydrogen) atoms. The van der Waals surface area contributed by atoms with Crippen LogP contribution >= 0.6 is 15.9 Å². The van der Waals surface area contributed by atoms with E-state index < -0.39 is 10.0 Å². The Morgan fingerprint density at radius 3 is 3.00 bits per heavy atom. The van der Waals surface area contributed by atoms with Crippen molar-refractivity contribution in [3.63, 3.8) is 0 Å². The zero-order valence-corrected chi connectivity index (χ0v) is 12.5. The van der Waals surface area contributed by atoms with Crippen molar-refractivity contribution < 1.29 is 8.42 Å². The molecule has 7 heteroatoms. The molecule has 1 unspecified atom stereocenters. The Morgan fingerprint density at radius 1 is 1.56 bits per heavy atom. The van der Waals surface area contributed by atoms with Gasteiger partial charge in [-0.25, -0.2) is 13.4 Å². The van der Waals surface area contributed by atoms with Gasteiger partial charge in [-0.3, -0.25) is 4.72 Å². The third-order valence-electron chi connectivity index (χ3n) is 2.99. The number of nitrogens with one attached hydrogen (secondary N) is 1. The van der Waals surface area contributed by atoms with E-state index in [-0.39, 0.29) is 5.25 Å². The monoisotopic (exact) mass is 333 g/mol. The predicted molar refractivity (Wildman–Crippen MR) is 75.0 cm³/mol. The highest BCUT2D eigenvalue weighted by molar-refractivity contribution is 9.10. The fourth-order valence-corrected chi connectivity index (χ4v) is 3.89. The number of likely N-dealkylation sites (tertiary alicyclic amines) is 1. The van der Waals surface area contributed by atoms with Crippen LogP contribution in [0.15, 0.2) is 22.8 Å². The van der Waals surface area contributed by atoms with E-state index in [1.54, 1.807) is 18.3 Å². The third kappa shape index (κ3) is 3.43. The zero-order chi connectivity index (χ0) is 13.2. The zero-order valence-electron chi connectivity index (χ0n) is 10.1. The lowest BCUT2D eigenvalue weighted by atomic mass is 10.1. The molecule has 1 atom stereocenters. The lowest BCUT2D eigenvalue weighted by Gasteiger charge is -2.29. The summed E-state index contributed by atoms with van der Waals surface area (Å²) in [5.41, 5.74) is 0. The van der Waals surface area contributed by atoms with Crippen molar-refractivity contribution >= 4 is 31.8 Å². The molecule has 100 valence electrons. The molecule has 1 aromatic heterocycles. The number of sulfonamides is 1. The number of hydrogen-bond donors (Lipinski definition) is 1. The SMILES string of the molecule is CN1CCCC(S(=O)(=O)Nc2cc(Br)ccn2)C1. The maximum atomic E-state index is 12.2. The second-order valence-corrected chi connectivity index (χ2v) is 7.41. The lowest BCUT2D eigenvalue weighted by Crippen LogP contribution is -2.42. The number of anilines is 1. The van der Waals surface area contributed by atoms with Crippen LogP contribution in [0, 0.1) is 0 Å². The van der Waals surface area contributed by atoms with Crippen LogP contribution in [0.1, 0.15) is 12.8 Å². The Balaban J connectivity index is 2.11. The highest BCUT2D eigenvalue weighted by atomic mass is 79.9. The van der Waals surface area contributed by atoms with E-state index in [0.717, 1.165) is 17.4 Å². The highest BCUT2D eigenvalue weighted by Crippen LogP contribution is 2.19. The molecule has 0 radical (unpaired) electrons. The molecule has 0 spiro atoms. The molecule has 0 saturated carbocycles. The van der Waals surface area contributed by atoms with Gasteiger partial charge in [-0.2, -0.15) is 0 Å². The molecule has 0 amide bonds. The van der Waals surface area contributed by atoms with Crippen molar-refractivity contribution in [2.45, 2.75) is 18.1 Å². The number of pyridine rings is 1. The van der Waals surface area contributed by atoms with Gasteiger partial charge in [0.25, 0.3) is 0 Å². The predicted octanol–water partition coefficient (Wildman–Crippen LogP) is 1.68. The van der Waals surface area contributed by atoms with E-state index in [1.165, 1.54) is 0 Å². The molecule has 1 fully saturated rings. The van der Waals surface area contributed by atoms with Crippen LogP contribution in [0.4, 0.5) is 5.82 Å². The fourth-order valence-electron chi connectivity index (χ4n) is 2.06. The highest BCUT2D eigenvalue weighted by Gasteiger charge is 2.29. The van der Waals surface area contributed by atoms with Crippen LogP contribution in [0.5, 0.6) is 0 Å². The number of hydrogen-bond acceptors (Lipinski definition) is 4. The first-order valence-corrected chi connectivity index (χ1v) is 8.13. The van der Waals surface area contributed by atoms with Crippen LogP contribution in [-0.2, 0) is 10.0 Å². The molecule has 2 rings (SSSR count). The minimum Gasteiger partial charge on any atom is -0.305 e. The first-order valence-electron chi connectivity index (χ1n) is 5.79. The minimum atomic E-state index is -3.36. The van der Waals surface area contributed by atoms with Crippen LogP contribution in [0.2, 0.25) is 0 Å². The van der Waals surface area contributed by atoms with Crippen molar-refractivity contribution in [3.8, 4) is 0 Å². The van der Waals surface area contributed by atoms with Crippen LogP contribution in [0.3, 0.4) is 0 Å². The van der Waals surface area contributed by atoms with Crippen molar-refractivity contribution in [3.05, 3.63) is 22.8 Å². The largest absolute Gasteiger partial charge is 0.305 e. The van der Waals surface area contributed by atoms with Crippen LogP contribution in [0.25, 0.3) is 0 Å². The molecular formula is C11H16BrN3O2S. The van der Waals surface area contributed by atoms with Crippen molar-refractivity contribution in [1.29, 1.82) is 0 Å². The van der Waals surface area contributed by atoms with E-state index in [9.17, 15) is 8.42 Å². The molecule has 2 heterocycles. The van der Waals surface area contributed by atoms with Gasteiger partial charge in [0.15, 0.2) is 0 Å². The summed E-state index contributed by atoms with van der Waals surface area (Å²) in [6.07, 6.45) is 3.18. The Hall–Kier alpha value is -0.660. The van der Waals surface area contributed by atoms with Crippen molar-refractivity contribution in [1.82, 2.24) is 9.88 Å². The topological polar surface area (TPSA) is 62.3 Å². The average molecular weight is 334 g/mol. The molecule has 1 aliphatic rings. The maximum absolute atomic E-state index is 12.2. The van der Waals surface area contributed by atoms with E-state index in [1.807, 2.05) is 11.9 Å². The van der Waals surface area contributed by atoms with E-state index in [4.69, 9.17) is 0 Å². The smallest absolute Gasteiger partial charge is 0.238 e. The Bertz CT molecular complexity index is 521. The van der Waals surface area contributed by atoms with Gasteiger partial charge in [0.2, 0.25) is 10.0 Å². The van der Waals surface area contributed by atoms with Gasteiger partial charge in [0, 0.05) is 17.2 Å². The maximum Gasteiger partial charge on any atom is 0.238 e. The minimum absolute atomic E-state index is 0.359. The number of aromatic nitrogens is 1. The van der Waals surface area contributed by atoms with Gasteiger partial charge < -0.3 is 4.90 Å². The first-order chi connectivity index (χ1) is 8.47. The summed E-state index contributed by atoms with van der Waals surface area (Å²) in [6.45, 7) is 1.53. The molecule has 1 N–H and O–H groups in total. The van der Waals surface area contributed by atoms with E-state index >= 15 is 0 Å². The molecule has 5 nitrogen and oxygen atoms in total. The third-order valence-corrected chi connectivity index (χ3v) is 5.24. The van der Waals surface area contributed by atoms with Crippen LogP contribution < -0.4 is 4.72 Å². The number of halogens is 1. The molecule has 0 bridgehead atoms. The molecule has 1 saturated heterocycles. The van der Waals surface area contributed by atoms with Crippen molar-refractivity contribution in [2.75, 3.05) is 24.9 Å². The summed E-state index contributed by atoms with van der Waals surface area (Å²) >= 11 is 3.29.